The predicted molar refractivity (Wildman–Crippen MR) is 312 cm³/mol. The van der Waals surface area contributed by atoms with Gasteiger partial charge in [0.05, 0.1) is 17.1 Å². The van der Waals surface area contributed by atoms with Gasteiger partial charge in [0, 0.05) is 35.3 Å². The molecule has 0 aliphatic rings. The Hall–Kier alpha value is -7.86. The van der Waals surface area contributed by atoms with Crippen LogP contribution in [-0.2, 0) is 43.4 Å². The fourth-order valence-electron chi connectivity index (χ4n) is 8.32. The Balaban J connectivity index is 0.000000299. The number of rotatable bonds is 9. The van der Waals surface area contributed by atoms with Crippen molar-refractivity contribution in [2.75, 3.05) is 0 Å². The number of para-hydroxylation sites is 3. The molecule has 0 saturated carbocycles. The van der Waals surface area contributed by atoms with Gasteiger partial charge in [0.15, 0.2) is 0 Å². The average molecular weight is 1160 g/mol. The molecule has 0 radical (unpaired) electrons. The largest absolute Gasteiger partial charge is 4.00 e. The van der Waals surface area contributed by atoms with E-state index in [4.69, 9.17) is 0 Å². The van der Waals surface area contributed by atoms with E-state index in [-0.39, 0.29) is 77.9 Å². The van der Waals surface area contributed by atoms with Crippen LogP contribution in [0.25, 0.3) is 33.4 Å². The van der Waals surface area contributed by atoms with E-state index in [1.54, 1.807) is 137 Å². The van der Waals surface area contributed by atoms with Gasteiger partial charge in [0.1, 0.15) is 0 Å². The number of hydrogen-bond donors (Lipinski definition) is 0. The van der Waals surface area contributed by atoms with Crippen molar-refractivity contribution >= 4 is 35.7 Å². The van der Waals surface area contributed by atoms with Crippen molar-refractivity contribution in [1.29, 1.82) is 0 Å². The van der Waals surface area contributed by atoms with E-state index in [0.717, 1.165) is 50.1 Å². The summed E-state index contributed by atoms with van der Waals surface area (Å²) in [4.78, 5) is 13.5. The van der Waals surface area contributed by atoms with Gasteiger partial charge in [-0.3, -0.25) is 15.0 Å². The molecule has 0 heterocycles. The summed E-state index contributed by atoms with van der Waals surface area (Å²) in [5.74, 6) is -0.289. The van der Waals surface area contributed by atoms with Crippen molar-refractivity contribution in [3.63, 3.8) is 0 Å². The van der Waals surface area contributed by atoms with Gasteiger partial charge in [-0.1, -0.05) is 191 Å². The zero-order chi connectivity index (χ0) is 58.5. The van der Waals surface area contributed by atoms with E-state index in [1.807, 2.05) is 114 Å². The first-order valence-electron chi connectivity index (χ1n) is 26.0. The Morgan fingerprint density at radius 2 is 0.451 bits per heavy atom. The smallest absolute Gasteiger partial charge is 0.872 e. The molecule has 412 valence electrons. The Labute approximate surface area is 512 Å². The van der Waals surface area contributed by atoms with Crippen LogP contribution >= 0.6 is 0 Å². The van der Waals surface area contributed by atoms with Crippen LogP contribution in [0.1, 0.15) is 77.8 Å². The van der Waals surface area contributed by atoms with Gasteiger partial charge < -0.3 is 40.9 Å². The van der Waals surface area contributed by atoms with Crippen LogP contribution in [0.3, 0.4) is 0 Å². The summed E-state index contributed by atoms with van der Waals surface area (Å²) in [6, 6.07) is 53.1. The second-order valence-electron chi connectivity index (χ2n) is 19.2. The summed E-state index contributed by atoms with van der Waals surface area (Å²) in [5, 5.41) is 91.7. The first-order valence-corrected chi connectivity index (χ1v) is 26.0. The summed E-state index contributed by atoms with van der Waals surface area (Å²) in [6.45, 7) is 18.1. The topological polar surface area (TPSA) is 222 Å². The van der Waals surface area contributed by atoms with E-state index >= 15 is 0 Å². The molecule has 11 nitrogen and oxygen atoms in total. The molecule has 0 bridgehead atoms. The third-order valence-corrected chi connectivity index (χ3v) is 12.0. The summed E-state index contributed by atoms with van der Waals surface area (Å²) >= 11 is 0. The second kappa shape index (κ2) is 33.8. The molecule has 0 N–H and O–H groups in total. The third-order valence-electron chi connectivity index (χ3n) is 12.0. The van der Waals surface area contributed by atoms with Crippen molar-refractivity contribution in [2.24, 2.45) is 15.0 Å². The van der Waals surface area contributed by atoms with Gasteiger partial charge in [-0.25, -0.2) is 0 Å². The molecule has 0 amide bonds. The molecule has 9 rings (SSSR count). The number of hydrogen-bond acceptors (Lipinski definition) is 11. The molecule has 9 aromatic carbocycles. The van der Waals surface area contributed by atoms with Gasteiger partial charge in [-0.05, 0) is 127 Å². The molecule has 0 aliphatic carbocycles. The van der Waals surface area contributed by atoms with Crippen LogP contribution in [0.4, 0.5) is 17.1 Å². The fourth-order valence-corrected chi connectivity index (χ4v) is 8.32. The van der Waals surface area contributed by atoms with E-state index < -0.39 is 12.2 Å². The molecular formula is C69H65N3O8Ti2. The van der Waals surface area contributed by atoms with Crippen LogP contribution < -0.4 is 40.9 Å². The Bertz CT molecular complexity index is 3160. The maximum absolute atomic E-state index is 12.4. The van der Waals surface area contributed by atoms with E-state index in [9.17, 15) is 40.9 Å². The monoisotopic (exact) mass is 1160 g/mol. The fraction of sp³-hybridized carbons (Fsp3) is 0.174. The minimum atomic E-state index is -0.417. The molecule has 0 aromatic heterocycles. The van der Waals surface area contributed by atoms with Crippen LogP contribution in [0.5, 0.6) is 34.5 Å². The minimum Gasteiger partial charge on any atom is -0.872 e. The number of aryl methyl sites for hydroxylation is 6. The molecule has 13 heteroatoms. The van der Waals surface area contributed by atoms with Crippen LogP contribution in [0.15, 0.2) is 197 Å². The summed E-state index contributed by atoms with van der Waals surface area (Å²) in [5.41, 5.74) is 13.8. The maximum atomic E-state index is 12.4. The van der Waals surface area contributed by atoms with Crippen molar-refractivity contribution in [2.45, 2.75) is 81.4 Å². The molecule has 0 fully saturated rings. The molecule has 0 atom stereocenters. The molecule has 9 aromatic rings. The van der Waals surface area contributed by atoms with Crippen molar-refractivity contribution in [3.05, 3.63) is 232 Å². The third kappa shape index (κ3) is 19.7. The van der Waals surface area contributed by atoms with Gasteiger partial charge >= 0.3 is 43.4 Å². The Kier molecular flexibility index (Phi) is 28.2. The Morgan fingerprint density at radius 3 is 0.659 bits per heavy atom. The average Bonchev–Trinajstić information content (AvgIpc) is 3.46. The number of nitrogens with zero attached hydrogens (tertiary/aromatic N) is 3. The van der Waals surface area contributed by atoms with Gasteiger partial charge in [0.25, 0.3) is 0 Å². The Morgan fingerprint density at radius 1 is 0.268 bits per heavy atom. The van der Waals surface area contributed by atoms with Crippen LogP contribution in [0.2, 0.25) is 0 Å². The summed E-state index contributed by atoms with van der Waals surface area (Å²) < 4.78 is 0. The van der Waals surface area contributed by atoms with Crippen molar-refractivity contribution in [1.82, 2.24) is 0 Å². The molecular weight excluding hydrogens is 1090 g/mol. The molecule has 0 unspecified atom stereocenters. The van der Waals surface area contributed by atoms with Gasteiger partial charge in [-0.15, -0.1) is 46.7 Å². The molecule has 82 heavy (non-hydrogen) atoms. The zero-order valence-corrected chi connectivity index (χ0v) is 50.9. The maximum Gasteiger partial charge on any atom is 4.00 e. The summed E-state index contributed by atoms with van der Waals surface area (Å²) in [6.07, 6.45) is 3.84. The first kappa shape index (κ1) is 68.4. The summed E-state index contributed by atoms with van der Waals surface area (Å²) in [7, 11) is 0. The van der Waals surface area contributed by atoms with E-state index in [2.05, 4.69) is 15.0 Å². The van der Waals surface area contributed by atoms with Crippen LogP contribution in [-0.4, -0.2) is 30.9 Å². The molecule has 0 spiro atoms. The number of aliphatic imine (C=N–C) groups is 3. The molecule has 0 saturated heterocycles. The predicted octanol–water partition coefficient (Wildman–Crippen LogP) is 11.1. The number of benzene rings is 9. The first-order chi connectivity index (χ1) is 38.2. The quantitative estimate of drug-likeness (QED) is 0.0996. The van der Waals surface area contributed by atoms with E-state index in [0.29, 0.717) is 50.4 Å². The van der Waals surface area contributed by atoms with Crippen molar-refractivity contribution in [3.8, 4) is 67.9 Å². The van der Waals surface area contributed by atoms with Gasteiger partial charge in [-0.2, -0.15) is 0 Å². The second-order valence-corrected chi connectivity index (χ2v) is 19.2. The normalized spacial score (nSPS) is 10.6. The molecule has 0 aliphatic heterocycles. The van der Waals surface area contributed by atoms with Crippen molar-refractivity contribution < 1.29 is 84.3 Å². The minimum absolute atomic E-state index is 0. The van der Waals surface area contributed by atoms with Crippen LogP contribution in [0, 0.1) is 41.5 Å². The van der Waals surface area contributed by atoms with E-state index in [1.165, 1.54) is 18.2 Å². The van der Waals surface area contributed by atoms with Gasteiger partial charge in [0.2, 0.25) is 0 Å². The SMILES string of the molecule is CC(C)[O-].CC(C)[O-].Cc1cccc([O-])c1-c1c(C)cccc1N=Cc1ccccc1[O-].Cc1cccc([O-])c1-c1c(C)cccc1N=Cc1ccccc1[O-].Cc1cccc([O-])c1-c1c(C)cccc1N=Cc1ccccc1[O-].[Ti+4].[Ti+4]. The zero-order valence-electron chi connectivity index (χ0n) is 47.8. The standard InChI is InChI=1S/3C21H19NO2.2C3H7O.2Ti/c3*1-14-7-5-10-17(22-13-16-9-3-4-11-18(16)23)20(14)21-15(2)8-6-12-19(21)24;2*1-3(2)4;;/h3*3-13,23-24H,1-2H3;2*3H,1-2H3;;/q;;;2*-1;2*+4/p-6.